The number of anilines is 2. The van der Waals surface area contributed by atoms with Crippen molar-refractivity contribution >= 4 is 35.5 Å². The standard InChI is InChI=1S/C36H48N4O9/c1-21-11-28(46-6)30(14-24(21)37-32(43)26-9-8-10-39(26)20-41)48-18-35(2,3)17-36(4,5)19-49-31-15-25-23(13-29(31)47-7)34(45)40-16-22(42)12-27(40)33(44)38-25/h11,13-15,20,22,26-27,42H,8-10,12,16-19H2,1-7H3,(H,37,43)(H,38,44). The lowest BCUT2D eigenvalue weighted by Gasteiger charge is -2.35. The SMILES string of the molecule is COc1cc(C)c(NC(=O)C2CCCN2C=O)cc1OCC(C)(C)CC(C)(C)COc1cc2c(cc1OC)C(=O)N1CC(O)CC1C(=O)N2. The van der Waals surface area contributed by atoms with Crippen LogP contribution in [0.5, 0.6) is 23.0 Å². The number of benzene rings is 2. The lowest BCUT2D eigenvalue weighted by Crippen LogP contribution is -2.40. The minimum Gasteiger partial charge on any atom is -0.493 e. The van der Waals surface area contributed by atoms with Gasteiger partial charge in [-0.05, 0) is 54.7 Å². The molecule has 3 aliphatic rings. The molecular formula is C36H48N4O9. The van der Waals surface area contributed by atoms with Crippen molar-refractivity contribution < 1.29 is 43.2 Å². The Morgan fingerprint density at radius 1 is 1.00 bits per heavy atom. The summed E-state index contributed by atoms with van der Waals surface area (Å²) in [6.07, 6.45) is 2.28. The van der Waals surface area contributed by atoms with Gasteiger partial charge in [0.25, 0.3) is 5.91 Å². The van der Waals surface area contributed by atoms with E-state index in [1.54, 1.807) is 25.3 Å². The Morgan fingerprint density at radius 3 is 2.27 bits per heavy atom. The van der Waals surface area contributed by atoms with Crippen LogP contribution in [0.1, 0.15) is 69.3 Å². The Hall–Kier alpha value is -4.52. The van der Waals surface area contributed by atoms with Crippen molar-refractivity contribution in [3.8, 4) is 23.0 Å². The highest BCUT2D eigenvalue weighted by Crippen LogP contribution is 2.41. The molecule has 0 saturated carbocycles. The Balaban J connectivity index is 1.24. The van der Waals surface area contributed by atoms with Crippen molar-refractivity contribution in [1.29, 1.82) is 0 Å². The van der Waals surface area contributed by atoms with Gasteiger partial charge >= 0.3 is 0 Å². The van der Waals surface area contributed by atoms with E-state index < -0.39 is 18.2 Å². The minimum absolute atomic E-state index is 0.0980. The number of hydrogen-bond donors (Lipinski definition) is 3. The summed E-state index contributed by atoms with van der Waals surface area (Å²) in [7, 11) is 3.06. The monoisotopic (exact) mass is 680 g/mol. The number of carbonyl (C=O) groups is 4. The smallest absolute Gasteiger partial charge is 0.256 e. The zero-order chi connectivity index (χ0) is 35.7. The number of rotatable bonds is 13. The number of aliphatic hydroxyl groups excluding tert-OH is 1. The maximum atomic E-state index is 13.3. The average Bonchev–Trinajstić information content (AvgIpc) is 3.68. The molecule has 0 spiro atoms. The van der Waals surface area contributed by atoms with Crippen LogP contribution in [0.15, 0.2) is 24.3 Å². The van der Waals surface area contributed by atoms with Gasteiger partial charge in [-0.3, -0.25) is 19.2 Å². The molecule has 13 heteroatoms. The van der Waals surface area contributed by atoms with Gasteiger partial charge in [-0.1, -0.05) is 27.7 Å². The fourth-order valence-electron chi connectivity index (χ4n) is 7.20. The van der Waals surface area contributed by atoms with Gasteiger partial charge in [-0.25, -0.2) is 0 Å². The van der Waals surface area contributed by atoms with Crippen molar-refractivity contribution in [2.24, 2.45) is 10.8 Å². The number of fused-ring (bicyclic) bond motifs is 2. The number of carbonyl (C=O) groups excluding carboxylic acids is 4. The van der Waals surface area contributed by atoms with Crippen molar-refractivity contribution in [2.45, 2.75) is 78.5 Å². The van der Waals surface area contributed by atoms with E-state index in [9.17, 15) is 24.3 Å². The van der Waals surface area contributed by atoms with E-state index in [2.05, 4.69) is 38.3 Å². The summed E-state index contributed by atoms with van der Waals surface area (Å²) >= 11 is 0. The molecular weight excluding hydrogens is 632 g/mol. The summed E-state index contributed by atoms with van der Waals surface area (Å²) in [5, 5.41) is 15.9. The zero-order valence-electron chi connectivity index (χ0n) is 29.4. The molecule has 2 fully saturated rings. The fraction of sp³-hybridized carbons (Fsp3) is 0.556. The van der Waals surface area contributed by atoms with Gasteiger partial charge in [0, 0.05) is 37.3 Å². The largest absolute Gasteiger partial charge is 0.493 e. The molecule has 3 unspecified atom stereocenters. The first kappa shape index (κ1) is 35.8. The van der Waals surface area contributed by atoms with E-state index in [0.29, 0.717) is 67.0 Å². The number of amides is 4. The first-order valence-corrected chi connectivity index (χ1v) is 16.6. The van der Waals surface area contributed by atoms with E-state index in [1.807, 2.05) is 13.0 Å². The third kappa shape index (κ3) is 7.87. The minimum atomic E-state index is -0.745. The van der Waals surface area contributed by atoms with Crippen molar-refractivity contribution in [2.75, 3.05) is 51.2 Å². The molecule has 3 atom stereocenters. The van der Waals surface area contributed by atoms with Gasteiger partial charge in [0.15, 0.2) is 23.0 Å². The number of methoxy groups -OCH3 is 2. The molecule has 0 radical (unpaired) electrons. The molecule has 3 heterocycles. The van der Waals surface area contributed by atoms with Gasteiger partial charge in [0.05, 0.1) is 44.8 Å². The number of aryl methyl sites for hydroxylation is 1. The van der Waals surface area contributed by atoms with Crippen LogP contribution in [0.4, 0.5) is 11.4 Å². The third-order valence-electron chi connectivity index (χ3n) is 9.33. The maximum Gasteiger partial charge on any atom is 0.256 e. The molecule has 13 nitrogen and oxygen atoms in total. The maximum absolute atomic E-state index is 13.3. The second-order valence-corrected chi connectivity index (χ2v) is 14.8. The average molecular weight is 681 g/mol. The van der Waals surface area contributed by atoms with Crippen LogP contribution in [0.2, 0.25) is 0 Å². The molecule has 4 amide bonds. The first-order chi connectivity index (χ1) is 23.1. The van der Waals surface area contributed by atoms with Crippen LogP contribution < -0.4 is 29.6 Å². The topological polar surface area (TPSA) is 156 Å². The predicted molar refractivity (Wildman–Crippen MR) is 182 cm³/mol. The molecule has 0 bridgehead atoms. The number of ether oxygens (including phenoxy) is 4. The van der Waals surface area contributed by atoms with Crippen molar-refractivity contribution in [3.05, 3.63) is 35.4 Å². The molecule has 2 aromatic carbocycles. The molecule has 49 heavy (non-hydrogen) atoms. The van der Waals surface area contributed by atoms with Gasteiger partial charge in [0.1, 0.15) is 12.1 Å². The third-order valence-corrected chi connectivity index (χ3v) is 9.33. The lowest BCUT2D eigenvalue weighted by atomic mass is 9.76. The number of likely N-dealkylation sites (tertiary alicyclic amines) is 1. The molecule has 3 aliphatic heterocycles. The highest BCUT2D eigenvalue weighted by Gasteiger charge is 2.43. The Kier molecular flexibility index (Phi) is 10.3. The number of nitrogens with zero attached hydrogens (tertiary/aromatic N) is 2. The van der Waals surface area contributed by atoms with E-state index in [1.165, 1.54) is 16.9 Å². The van der Waals surface area contributed by atoms with Crippen LogP contribution in [0.25, 0.3) is 0 Å². The van der Waals surface area contributed by atoms with Gasteiger partial charge in [0.2, 0.25) is 18.2 Å². The van der Waals surface area contributed by atoms with Crippen LogP contribution in [0, 0.1) is 17.8 Å². The molecule has 3 N–H and O–H groups in total. The van der Waals surface area contributed by atoms with Crippen LogP contribution in [0.3, 0.4) is 0 Å². The molecule has 2 saturated heterocycles. The highest BCUT2D eigenvalue weighted by molar-refractivity contribution is 6.10. The molecule has 0 aromatic heterocycles. The quantitative estimate of drug-likeness (QED) is 0.266. The van der Waals surface area contributed by atoms with E-state index in [0.717, 1.165) is 18.4 Å². The summed E-state index contributed by atoms with van der Waals surface area (Å²) in [6, 6.07) is 5.55. The Morgan fingerprint density at radius 2 is 1.63 bits per heavy atom. The van der Waals surface area contributed by atoms with E-state index >= 15 is 0 Å². The summed E-state index contributed by atoms with van der Waals surface area (Å²) in [6.45, 7) is 11.5. The summed E-state index contributed by atoms with van der Waals surface area (Å²) in [4.78, 5) is 53.5. The predicted octanol–water partition coefficient (Wildman–Crippen LogP) is 4.00. The van der Waals surface area contributed by atoms with E-state index in [4.69, 9.17) is 18.9 Å². The Bertz CT molecular complexity index is 1610. The van der Waals surface area contributed by atoms with Crippen LogP contribution >= 0.6 is 0 Å². The summed E-state index contributed by atoms with van der Waals surface area (Å²) in [5.41, 5.74) is 1.36. The first-order valence-electron chi connectivity index (χ1n) is 16.6. The fourth-order valence-corrected chi connectivity index (χ4v) is 7.20. The zero-order valence-corrected chi connectivity index (χ0v) is 29.4. The van der Waals surface area contributed by atoms with Gasteiger partial charge in [-0.2, -0.15) is 0 Å². The van der Waals surface area contributed by atoms with Crippen LogP contribution in [-0.4, -0.2) is 97.7 Å². The second kappa shape index (κ2) is 14.1. The van der Waals surface area contributed by atoms with E-state index in [-0.39, 0.29) is 47.1 Å². The molecule has 2 aromatic rings. The number of hydrogen-bond acceptors (Lipinski definition) is 9. The summed E-state index contributed by atoms with van der Waals surface area (Å²) < 4.78 is 23.8. The normalized spacial score (nSPS) is 20.6. The van der Waals surface area contributed by atoms with Crippen LogP contribution in [-0.2, 0) is 14.4 Å². The second-order valence-electron chi connectivity index (χ2n) is 14.8. The van der Waals surface area contributed by atoms with Crippen molar-refractivity contribution in [1.82, 2.24) is 9.80 Å². The number of nitrogens with one attached hydrogen (secondary N) is 2. The molecule has 266 valence electrons. The molecule has 5 rings (SSSR count). The molecule has 0 aliphatic carbocycles. The highest BCUT2D eigenvalue weighted by atomic mass is 16.5. The van der Waals surface area contributed by atoms with Gasteiger partial charge < -0.3 is 44.5 Å². The Labute approximate surface area is 287 Å². The number of aliphatic hydroxyl groups is 1. The van der Waals surface area contributed by atoms with Crippen molar-refractivity contribution in [3.63, 3.8) is 0 Å². The summed E-state index contributed by atoms with van der Waals surface area (Å²) in [5.74, 6) is 0.865. The van der Waals surface area contributed by atoms with Gasteiger partial charge in [-0.15, -0.1) is 0 Å². The lowest BCUT2D eigenvalue weighted by molar-refractivity contribution is -0.127.